The van der Waals surface area contributed by atoms with Crippen LogP contribution in [0.3, 0.4) is 0 Å². The molecule has 0 atom stereocenters. The predicted molar refractivity (Wildman–Crippen MR) is 59.0 cm³/mol. The van der Waals surface area contributed by atoms with E-state index in [1.165, 1.54) is 7.11 Å². The van der Waals surface area contributed by atoms with Crippen LogP contribution in [0.2, 0.25) is 0 Å². The van der Waals surface area contributed by atoms with E-state index in [1.54, 1.807) is 26.2 Å². The number of ether oxygens (including phenoxy) is 2. The standard InChI is InChI=1S/C11H13NO4/c1-7-9(15-2)5-4-8(11(7)16-3)12-10(14)6-13/h4-6H,1-3H3,(H,12,14). The number of carbonyl (C=O) groups is 2. The number of aldehydes is 1. The van der Waals surface area contributed by atoms with Crippen LogP contribution < -0.4 is 14.8 Å². The second-order valence-electron chi connectivity index (χ2n) is 3.08. The second-order valence-corrected chi connectivity index (χ2v) is 3.08. The number of methoxy groups -OCH3 is 2. The fourth-order valence-corrected chi connectivity index (χ4v) is 1.42. The Labute approximate surface area is 93.4 Å². The van der Waals surface area contributed by atoms with Crippen molar-refractivity contribution in [1.29, 1.82) is 0 Å². The van der Waals surface area contributed by atoms with E-state index in [1.807, 2.05) is 0 Å². The highest BCUT2D eigenvalue weighted by atomic mass is 16.5. The molecule has 0 saturated carbocycles. The van der Waals surface area contributed by atoms with Crippen molar-refractivity contribution in [3.05, 3.63) is 17.7 Å². The molecule has 86 valence electrons. The molecule has 0 spiro atoms. The van der Waals surface area contributed by atoms with Gasteiger partial charge in [-0.05, 0) is 19.1 Å². The van der Waals surface area contributed by atoms with Crippen molar-refractivity contribution < 1.29 is 19.1 Å². The molecule has 0 radical (unpaired) electrons. The lowest BCUT2D eigenvalue weighted by Crippen LogP contribution is -2.13. The third-order valence-electron chi connectivity index (χ3n) is 2.15. The summed E-state index contributed by atoms with van der Waals surface area (Å²) in [5, 5.41) is 2.42. The minimum absolute atomic E-state index is 0.207. The van der Waals surface area contributed by atoms with Crippen LogP contribution in [0.25, 0.3) is 0 Å². The number of benzene rings is 1. The molecular weight excluding hydrogens is 210 g/mol. The van der Waals surface area contributed by atoms with Crippen LogP contribution in [0.5, 0.6) is 11.5 Å². The van der Waals surface area contributed by atoms with Gasteiger partial charge in [0.2, 0.25) is 6.29 Å². The first kappa shape index (κ1) is 12.0. The van der Waals surface area contributed by atoms with Gasteiger partial charge in [0.1, 0.15) is 11.5 Å². The van der Waals surface area contributed by atoms with E-state index in [0.717, 1.165) is 5.56 Å². The van der Waals surface area contributed by atoms with Crippen LogP contribution in [0.4, 0.5) is 5.69 Å². The van der Waals surface area contributed by atoms with Crippen molar-refractivity contribution >= 4 is 17.9 Å². The molecule has 16 heavy (non-hydrogen) atoms. The molecule has 0 unspecified atom stereocenters. The topological polar surface area (TPSA) is 64.6 Å². The van der Waals surface area contributed by atoms with Crippen LogP contribution in [-0.2, 0) is 9.59 Å². The summed E-state index contributed by atoms with van der Waals surface area (Å²) in [6.45, 7) is 1.80. The summed E-state index contributed by atoms with van der Waals surface area (Å²) >= 11 is 0. The van der Waals surface area contributed by atoms with E-state index in [-0.39, 0.29) is 6.29 Å². The summed E-state index contributed by atoms with van der Waals surface area (Å²) in [6, 6.07) is 3.31. The van der Waals surface area contributed by atoms with E-state index in [9.17, 15) is 9.59 Å². The van der Waals surface area contributed by atoms with E-state index < -0.39 is 5.91 Å². The molecule has 0 bridgehead atoms. The van der Waals surface area contributed by atoms with Crippen molar-refractivity contribution in [3.63, 3.8) is 0 Å². The van der Waals surface area contributed by atoms with Crippen molar-refractivity contribution in [2.75, 3.05) is 19.5 Å². The van der Waals surface area contributed by atoms with E-state index in [4.69, 9.17) is 9.47 Å². The van der Waals surface area contributed by atoms with Gasteiger partial charge in [0.25, 0.3) is 5.91 Å². The van der Waals surface area contributed by atoms with E-state index in [2.05, 4.69) is 5.32 Å². The van der Waals surface area contributed by atoms with Crippen molar-refractivity contribution in [2.45, 2.75) is 6.92 Å². The zero-order chi connectivity index (χ0) is 12.1. The number of carbonyl (C=O) groups excluding carboxylic acids is 2. The fraction of sp³-hybridized carbons (Fsp3) is 0.273. The SMILES string of the molecule is COc1ccc(NC(=O)C=O)c(OC)c1C. The molecule has 0 aliphatic heterocycles. The number of anilines is 1. The van der Waals surface area contributed by atoms with Crippen LogP contribution in [0, 0.1) is 6.92 Å². The molecule has 0 aliphatic carbocycles. The maximum absolute atomic E-state index is 10.9. The third kappa shape index (κ3) is 2.31. The summed E-state index contributed by atoms with van der Waals surface area (Å²) in [6.07, 6.45) is 0.207. The fourth-order valence-electron chi connectivity index (χ4n) is 1.42. The number of hydrogen-bond donors (Lipinski definition) is 1. The highest BCUT2D eigenvalue weighted by Crippen LogP contribution is 2.34. The molecular formula is C11H13NO4. The number of amides is 1. The maximum Gasteiger partial charge on any atom is 0.288 e. The first-order valence-electron chi connectivity index (χ1n) is 4.61. The van der Waals surface area contributed by atoms with Gasteiger partial charge in [-0.25, -0.2) is 0 Å². The van der Waals surface area contributed by atoms with Crippen molar-refractivity contribution in [2.24, 2.45) is 0 Å². The molecule has 5 nitrogen and oxygen atoms in total. The normalized spacial score (nSPS) is 9.44. The Bertz CT molecular complexity index is 415. The molecule has 0 heterocycles. The number of nitrogens with one attached hydrogen (secondary N) is 1. The molecule has 1 aromatic rings. The minimum Gasteiger partial charge on any atom is -0.496 e. The summed E-state index contributed by atoms with van der Waals surface area (Å²) < 4.78 is 10.3. The van der Waals surface area contributed by atoms with Gasteiger partial charge in [0, 0.05) is 5.56 Å². The van der Waals surface area contributed by atoms with Crippen LogP contribution >= 0.6 is 0 Å². The Morgan fingerprint density at radius 2 is 2.00 bits per heavy atom. The van der Waals surface area contributed by atoms with Gasteiger partial charge >= 0.3 is 0 Å². The Kier molecular flexibility index (Phi) is 3.88. The van der Waals surface area contributed by atoms with E-state index >= 15 is 0 Å². The Hall–Kier alpha value is -2.04. The summed E-state index contributed by atoms with van der Waals surface area (Å²) in [7, 11) is 3.03. The Balaban J connectivity index is 3.15. The number of hydrogen-bond acceptors (Lipinski definition) is 4. The van der Waals surface area contributed by atoms with Gasteiger partial charge in [-0.15, -0.1) is 0 Å². The minimum atomic E-state index is -0.720. The molecule has 0 aliphatic rings. The van der Waals surface area contributed by atoms with Crippen LogP contribution in [0.15, 0.2) is 12.1 Å². The van der Waals surface area contributed by atoms with Gasteiger partial charge in [-0.2, -0.15) is 0 Å². The molecule has 1 aromatic carbocycles. The molecule has 0 saturated heterocycles. The molecule has 0 fully saturated rings. The van der Waals surface area contributed by atoms with Gasteiger partial charge in [-0.3, -0.25) is 9.59 Å². The lowest BCUT2D eigenvalue weighted by Gasteiger charge is -2.13. The summed E-state index contributed by atoms with van der Waals surface area (Å²) in [4.78, 5) is 21.2. The molecule has 0 aromatic heterocycles. The van der Waals surface area contributed by atoms with Gasteiger partial charge < -0.3 is 14.8 Å². The Morgan fingerprint density at radius 1 is 1.31 bits per heavy atom. The van der Waals surface area contributed by atoms with Gasteiger partial charge in [0.15, 0.2) is 0 Å². The molecule has 1 N–H and O–H groups in total. The number of rotatable bonds is 4. The highest BCUT2D eigenvalue weighted by molar-refractivity contribution is 6.29. The third-order valence-corrected chi connectivity index (χ3v) is 2.15. The van der Waals surface area contributed by atoms with Crippen LogP contribution in [-0.4, -0.2) is 26.4 Å². The summed E-state index contributed by atoms with van der Waals surface area (Å²) in [5.74, 6) is 0.415. The first-order chi connectivity index (χ1) is 7.63. The quantitative estimate of drug-likeness (QED) is 0.614. The highest BCUT2D eigenvalue weighted by Gasteiger charge is 2.12. The first-order valence-corrected chi connectivity index (χ1v) is 4.61. The smallest absolute Gasteiger partial charge is 0.288 e. The monoisotopic (exact) mass is 223 g/mol. The van der Waals surface area contributed by atoms with Crippen LogP contribution in [0.1, 0.15) is 5.56 Å². The predicted octanol–water partition coefficient (Wildman–Crippen LogP) is 1.15. The van der Waals surface area contributed by atoms with Gasteiger partial charge in [0.05, 0.1) is 19.9 Å². The lowest BCUT2D eigenvalue weighted by molar-refractivity contribution is -0.127. The largest absolute Gasteiger partial charge is 0.496 e. The lowest BCUT2D eigenvalue weighted by atomic mass is 10.1. The zero-order valence-corrected chi connectivity index (χ0v) is 9.37. The van der Waals surface area contributed by atoms with Crippen molar-refractivity contribution in [3.8, 4) is 11.5 Å². The van der Waals surface area contributed by atoms with Crippen molar-refractivity contribution in [1.82, 2.24) is 0 Å². The Morgan fingerprint density at radius 3 is 2.50 bits per heavy atom. The average Bonchev–Trinajstić information content (AvgIpc) is 2.29. The summed E-state index contributed by atoms with van der Waals surface area (Å²) in [5.41, 5.74) is 1.20. The molecule has 1 amide bonds. The maximum atomic E-state index is 10.9. The second kappa shape index (κ2) is 5.16. The zero-order valence-electron chi connectivity index (χ0n) is 9.37. The molecule has 5 heteroatoms. The molecule has 1 rings (SSSR count). The average molecular weight is 223 g/mol. The van der Waals surface area contributed by atoms with E-state index in [0.29, 0.717) is 17.2 Å². The van der Waals surface area contributed by atoms with Gasteiger partial charge in [-0.1, -0.05) is 0 Å².